The Hall–Kier alpha value is -2.08. The lowest BCUT2D eigenvalue weighted by molar-refractivity contribution is -0.139. The van der Waals surface area contributed by atoms with Crippen molar-refractivity contribution in [2.45, 2.75) is 25.8 Å². The zero-order chi connectivity index (χ0) is 15.9. The topological polar surface area (TPSA) is 84.9 Å². The van der Waals surface area contributed by atoms with Crippen LogP contribution in [0.5, 0.6) is 5.75 Å². The lowest BCUT2D eigenvalue weighted by Gasteiger charge is -2.23. The van der Waals surface area contributed by atoms with E-state index in [0.29, 0.717) is 12.4 Å². The third-order valence-electron chi connectivity index (χ3n) is 3.63. The van der Waals surface area contributed by atoms with E-state index in [1.165, 1.54) is 0 Å². The van der Waals surface area contributed by atoms with Gasteiger partial charge in [-0.2, -0.15) is 0 Å². The number of carbonyl (C=O) groups is 2. The minimum atomic E-state index is -1.01. The van der Waals surface area contributed by atoms with Crippen LogP contribution in [0.1, 0.15) is 31.4 Å². The lowest BCUT2D eigenvalue weighted by Crippen LogP contribution is -2.36. The third-order valence-corrected chi connectivity index (χ3v) is 3.63. The van der Waals surface area contributed by atoms with Crippen LogP contribution in [0.25, 0.3) is 0 Å². The molecule has 1 fully saturated rings. The molecule has 120 valence electrons. The van der Waals surface area contributed by atoms with E-state index in [0.717, 1.165) is 25.0 Å². The van der Waals surface area contributed by atoms with Crippen molar-refractivity contribution in [1.29, 1.82) is 0 Å². The molecule has 2 atom stereocenters. The summed E-state index contributed by atoms with van der Waals surface area (Å²) in [5, 5.41) is 11.5. The molecule has 1 aliphatic rings. The van der Waals surface area contributed by atoms with Gasteiger partial charge in [0, 0.05) is 6.61 Å². The average molecular weight is 307 g/mol. The van der Waals surface area contributed by atoms with E-state index in [1.807, 2.05) is 19.1 Å². The molecule has 2 rings (SSSR count). The van der Waals surface area contributed by atoms with Crippen LogP contribution in [-0.2, 0) is 14.3 Å². The van der Waals surface area contributed by atoms with Gasteiger partial charge in [0.15, 0.2) is 6.61 Å². The van der Waals surface area contributed by atoms with Gasteiger partial charge in [-0.1, -0.05) is 12.1 Å². The molecule has 1 aliphatic heterocycles. The number of hydrogen-bond acceptors (Lipinski definition) is 4. The first-order valence-electron chi connectivity index (χ1n) is 7.39. The van der Waals surface area contributed by atoms with Gasteiger partial charge in [0.1, 0.15) is 5.75 Å². The summed E-state index contributed by atoms with van der Waals surface area (Å²) in [5.74, 6) is -0.586. The first-order valence-corrected chi connectivity index (χ1v) is 7.39. The molecule has 1 saturated heterocycles. The number of carboxylic acid groups (broad SMARTS) is 1. The van der Waals surface area contributed by atoms with Gasteiger partial charge in [-0.25, -0.2) is 4.79 Å². The number of hydrogen-bond donors (Lipinski definition) is 2. The maximum atomic E-state index is 12.1. The number of amides is 1. The minimum absolute atomic E-state index is 0.0124. The summed E-state index contributed by atoms with van der Waals surface area (Å²) in [4.78, 5) is 22.6. The summed E-state index contributed by atoms with van der Waals surface area (Å²) < 4.78 is 10.4. The SMILES string of the molecule is CC(NC(=O)C1CCCOC1)c1ccc(OCC(=O)O)cc1. The van der Waals surface area contributed by atoms with Crippen molar-refractivity contribution in [3.05, 3.63) is 29.8 Å². The quantitative estimate of drug-likeness (QED) is 0.836. The molecule has 2 N–H and O–H groups in total. The highest BCUT2D eigenvalue weighted by Crippen LogP contribution is 2.19. The Bertz CT molecular complexity index is 508. The standard InChI is InChI=1S/C16H21NO5/c1-11(17-16(20)13-3-2-8-21-9-13)12-4-6-14(7-5-12)22-10-15(18)19/h4-7,11,13H,2-3,8-10H2,1H3,(H,17,20)(H,18,19). The van der Waals surface area contributed by atoms with Gasteiger partial charge in [-0.15, -0.1) is 0 Å². The monoisotopic (exact) mass is 307 g/mol. The van der Waals surface area contributed by atoms with Crippen molar-refractivity contribution < 1.29 is 24.2 Å². The third kappa shape index (κ3) is 4.73. The summed E-state index contributed by atoms with van der Waals surface area (Å²) in [7, 11) is 0. The molecule has 1 aromatic rings. The number of carbonyl (C=O) groups excluding carboxylic acids is 1. The van der Waals surface area contributed by atoms with Crippen LogP contribution in [0, 0.1) is 5.92 Å². The maximum Gasteiger partial charge on any atom is 0.341 e. The summed E-state index contributed by atoms with van der Waals surface area (Å²) >= 11 is 0. The zero-order valence-corrected chi connectivity index (χ0v) is 12.6. The van der Waals surface area contributed by atoms with E-state index < -0.39 is 5.97 Å². The second-order valence-electron chi connectivity index (χ2n) is 5.40. The number of nitrogens with one attached hydrogen (secondary N) is 1. The Morgan fingerprint density at radius 2 is 2.14 bits per heavy atom. The zero-order valence-electron chi connectivity index (χ0n) is 12.6. The summed E-state index contributed by atoms with van der Waals surface area (Å²) in [6.45, 7) is 2.76. The lowest BCUT2D eigenvalue weighted by atomic mass is 10.00. The van der Waals surface area contributed by atoms with Crippen LogP contribution in [0.2, 0.25) is 0 Å². The average Bonchev–Trinajstić information content (AvgIpc) is 2.54. The predicted molar refractivity (Wildman–Crippen MR) is 79.7 cm³/mol. The van der Waals surface area contributed by atoms with E-state index in [9.17, 15) is 9.59 Å². The van der Waals surface area contributed by atoms with Crippen molar-refractivity contribution in [3.8, 4) is 5.75 Å². The fourth-order valence-electron chi connectivity index (χ4n) is 2.36. The van der Waals surface area contributed by atoms with E-state index in [-0.39, 0.29) is 24.5 Å². The number of benzene rings is 1. The normalized spacial score (nSPS) is 19.2. The molecule has 2 unspecified atom stereocenters. The number of carboxylic acids is 1. The molecular formula is C16H21NO5. The number of aliphatic carboxylic acids is 1. The van der Waals surface area contributed by atoms with Gasteiger partial charge in [0.25, 0.3) is 0 Å². The maximum absolute atomic E-state index is 12.1. The van der Waals surface area contributed by atoms with Gasteiger partial charge in [-0.05, 0) is 37.5 Å². The second kappa shape index (κ2) is 7.79. The molecule has 22 heavy (non-hydrogen) atoms. The fourth-order valence-corrected chi connectivity index (χ4v) is 2.36. The fraction of sp³-hybridized carbons (Fsp3) is 0.500. The van der Waals surface area contributed by atoms with Crippen LogP contribution < -0.4 is 10.1 Å². The molecule has 1 heterocycles. The molecule has 0 bridgehead atoms. The van der Waals surface area contributed by atoms with Gasteiger partial charge >= 0.3 is 5.97 Å². The molecular weight excluding hydrogens is 286 g/mol. The van der Waals surface area contributed by atoms with E-state index in [1.54, 1.807) is 12.1 Å². The van der Waals surface area contributed by atoms with Crippen molar-refractivity contribution in [3.63, 3.8) is 0 Å². The van der Waals surface area contributed by atoms with Gasteiger partial charge in [-0.3, -0.25) is 4.79 Å². The highest BCUT2D eigenvalue weighted by Gasteiger charge is 2.23. The number of ether oxygens (including phenoxy) is 2. The molecule has 0 spiro atoms. The first kappa shape index (κ1) is 16.3. The Morgan fingerprint density at radius 1 is 1.41 bits per heavy atom. The first-order chi connectivity index (χ1) is 10.6. The van der Waals surface area contributed by atoms with Crippen molar-refractivity contribution >= 4 is 11.9 Å². The Morgan fingerprint density at radius 3 is 2.73 bits per heavy atom. The van der Waals surface area contributed by atoms with Crippen LogP contribution in [0.3, 0.4) is 0 Å². The Labute approximate surface area is 129 Å². The highest BCUT2D eigenvalue weighted by molar-refractivity contribution is 5.79. The van der Waals surface area contributed by atoms with Gasteiger partial charge in [0.05, 0.1) is 18.6 Å². The van der Waals surface area contributed by atoms with Gasteiger partial charge in [0.2, 0.25) is 5.91 Å². The van der Waals surface area contributed by atoms with E-state index in [4.69, 9.17) is 14.6 Å². The molecule has 6 heteroatoms. The van der Waals surface area contributed by atoms with Gasteiger partial charge < -0.3 is 19.9 Å². The van der Waals surface area contributed by atoms with Crippen LogP contribution in [0.15, 0.2) is 24.3 Å². The predicted octanol–water partition coefficient (Wildman–Crippen LogP) is 1.75. The number of rotatable bonds is 6. The van der Waals surface area contributed by atoms with Crippen molar-refractivity contribution in [2.75, 3.05) is 19.8 Å². The largest absolute Gasteiger partial charge is 0.482 e. The second-order valence-corrected chi connectivity index (χ2v) is 5.40. The van der Waals surface area contributed by atoms with Crippen LogP contribution >= 0.6 is 0 Å². The molecule has 1 aromatic carbocycles. The van der Waals surface area contributed by atoms with Crippen LogP contribution in [0.4, 0.5) is 0 Å². The summed E-state index contributed by atoms with van der Waals surface area (Å²) in [6.07, 6.45) is 1.78. The smallest absolute Gasteiger partial charge is 0.341 e. The Balaban J connectivity index is 1.87. The van der Waals surface area contributed by atoms with E-state index in [2.05, 4.69) is 5.32 Å². The van der Waals surface area contributed by atoms with E-state index >= 15 is 0 Å². The molecule has 1 amide bonds. The molecule has 0 radical (unpaired) electrons. The molecule has 0 aliphatic carbocycles. The minimum Gasteiger partial charge on any atom is -0.482 e. The molecule has 0 saturated carbocycles. The highest BCUT2D eigenvalue weighted by atomic mass is 16.5. The Kier molecular flexibility index (Phi) is 5.77. The summed E-state index contributed by atoms with van der Waals surface area (Å²) in [5.41, 5.74) is 0.938. The van der Waals surface area contributed by atoms with Crippen LogP contribution in [-0.4, -0.2) is 36.8 Å². The van der Waals surface area contributed by atoms with Crippen molar-refractivity contribution in [1.82, 2.24) is 5.32 Å². The molecule has 6 nitrogen and oxygen atoms in total. The molecule has 0 aromatic heterocycles. The van der Waals surface area contributed by atoms with Crippen molar-refractivity contribution in [2.24, 2.45) is 5.92 Å². The summed E-state index contributed by atoms with van der Waals surface area (Å²) in [6, 6.07) is 6.91.